The van der Waals surface area contributed by atoms with Gasteiger partial charge in [-0.05, 0) is 6.42 Å². The highest BCUT2D eigenvalue weighted by Crippen LogP contribution is 1.82. The maximum absolute atomic E-state index is 8.77. The maximum atomic E-state index is 8.77. The molecule has 0 amide bonds. The SMILES string of the molecule is CCC(O)NCC(O)O.Cl.Cl.N. The summed E-state index contributed by atoms with van der Waals surface area (Å²) in [5, 5.41) is 27.8. The van der Waals surface area contributed by atoms with E-state index in [0.29, 0.717) is 6.42 Å². The molecule has 1 unspecified atom stereocenters. The van der Waals surface area contributed by atoms with Crippen molar-refractivity contribution in [3.05, 3.63) is 0 Å². The lowest BCUT2D eigenvalue weighted by molar-refractivity contribution is -0.0467. The lowest BCUT2D eigenvalue weighted by Gasteiger charge is -2.10. The molecule has 7 N–H and O–H groups in total. The van der Waals surface area contributed by atoms with Crippen molar-refractivity contribution in [3.8, 4) is 0 Å². The van der Waals surface area contributed by atoms with Gasteiger partial charge in [0.05, 0.1) is 0 Å². The van der Waals surface area contributed by atoms with Crippen LogP contribution in [-0.2, 0) is 0 Å². The van der Waals surface area contributed by atoms with Crippen molar-refractivity contribution in [1.29, 1.82) is 0 Å². The minimum absolute atomic E-state index is 0. The summed E-state index contributed by atoms with van der Waals surface area (Å²) in [7, 11) is 0. The molecule has 80 valence electrons. The predicted octanol–water partition coefficient (Wildman–Crippen LogP) is -0.379. The molecule has 0 aromatic carbocycles. The largest absolute Gasteiger partial charge is 0.379 e. The summed E-state index contributed by atoms with van der Waals surface area (Å²) in [4.78, 5) is 0. The van der Waals surface area contributed by atoms with E-state index in [1.165, 1.54) is 0 Å². The molecule has 0 bridgehead atoms. The fourth-order valence-electron chi connectivity index (χ4n) is 0.386. The second-order valence-corrected chi connectivity index (χ2v) is 1.81. The van der Waals surface area contributed by atoms with E-state index in [-0.39, 0.29) is 37.5 Å². The third-order valence-electron chi connectivity index (χ3n) is 0.923. The van der Waals surface area contributed by atoms with Crippen molar-refractivity contribution < 1.29 is 15.3 Å². The summed E-state index contributed by atoms with van der Waals surface area (Å²) < 4.78 is 0. The summed E-state index contributed by atoms with van der Waals surface area (Å²) in [6, 6.07) is 0. The normalized spacial score (nSPS) is 10.8. The summed E-state index contributed by atoms with van der Waals surface area (Å²) >= 11 is 0. The van der Waals surface area contributed by atoms with E-state index in [4.69, 9.17) is 15.3 Å². The molecule has 12 heavy (non-hydrogen) atoms. The highest BCUT2D eigenvalue weighted by Gasteiger charge is 2.00. The van der Waals surface area contributed by atoms with Crippen molar-refractivity contribution >= 4 is 24.8 Å². The molecule has 0 spiro atoms. The standard InChI is InChI=1S/C5H13NO3.2ClH.H3N/c1-2-4(7)6-3-5(8)9;;;/h4-9H,2-3H2,1H3;2*1H;1H3. The Bertz CT molecular complexity index is 77.7. The number of aliphatic hydroxyl groups excluding tert-OH is 2. The minimum atomic E-state index is -1.38. The second-order valence-electron chi connectivity index (χ2n) is 1.81. The van der Waals surface area contributed by atoms with Crippen LogP contribution in [0.4, 0.5) is 0 Å². The van der Waals surface area contributed by atoms with E-state index >= 15 is 0 Å². The Labute approximate surface area is 84.6 Å². The number of aliphatic hydroxyl groups is 3. The van der Waals surface area contributed by atoms with Crippen LogP contribution >= 0.6 is 24.8 Å². The van der Waals surface area contributed by atoms with E-state index in [1.54, 1.807) is 6.92 Å². The molecule has 0 aliphatic carbocycles. The predicted molar refractivity (Wildman–Crippen MR) is 52.0 cm³/mol. The van der Waals surface area contributed by atoms with Gasteiger partial charge in [0.25, 0.3) is 0 Å². The number of hydrogen-bond acceptors (Lipinski definition) is 5. The minimum Gasteiger partial charge on any atom is -0.379 e. The zero-order valence-corrected chi connectivity index (χ0v) is 8.57. The number of rotatable bonds is 4. The van der Waals surface area contributed by atoms with Gasteiger partial charge in [-0.2, -0.15) is 0 Å². The van der Waals surface area contributed by atoms with Gasteiger partial charge in [0.2, 0.25) is 0 Å². The van der Waals surface area contributed by atoms with Gasteiger partial charge in [0, 0.05) is 6.54 Å². The van der Waals surface area contributed by atoms with Crippen molar-refractivity contribution in [2.45, 2.75) is 25.9 Å². The van der Waals surface area contributed by atoms with Gasteiger partial charge in [-0.3, -0.25) is 5.32 Å². The first-order chi connectivity index (χ1) is 4.16. The van der Waals surface area contributed by atoms with Gasteiger partial charge in [-0.15, -0.1) is 24.8 Å². The molecule has 0 aromatic heterocycles. The number of halogens is 2. The molecule has 0 saturated heterocycles. The lowest BCUT2D eigenvalue weighted by atomic mass is 10.4. The monoisotopic (exact) mass is 224 g/mol. The molecule has 1 atom stereocenters. The summed E-state index contributed by atoms with van der Waals surface area (Å²) in [6.07, 6.45) is -1.45. The van der Waals surface area contributed by atoms with Crippen LogP contribution in [0.2, 0.25) is 0 Å². The zero-order valence-electron chi connectivity index (χ0n) is 6.93. The molecule has 5 nitrogen and oxygen atoms in total. The molecule has 0 aromatic rings. The molecule has 7 heteroatoms. The quantitative estimate of drug-likeness (QED) is 0.419. The van der Waals surface area contributed by atoms with E-state index in [2.05, 4.69) is 5.32 Å². The Morgan fingerprint density at radius 2 is 1.58 bits per heavy atom. The molecule has 0 rings (SSSR count). The highest BCUT2D eigenvalue weighted by molar-refractivity contribution is 5.85. The molecule has 0 radical (unpaired) electrons. The number of nitrogens with one attached hydrogen (secondary N) is 1. The first-order valence-electron chi connectivity index (χ1n) is 2.94. The molecule has 0 fully saturated rings. The van der Waals surface area contributed by atoms with Gasteiger partial charge in [0.1, 0.15) is 6.23 Å². The van der Waals surface area contributed by atoms with Gasteiger partial charge in [-0.25, -0.2) is 0 Å². The third kappa shape index (κ3) is 16.8. The van der Waals surface area contributed by atoms with E-state index in [1.807, 2.05) is 0 Å². The summed E-state index contributed by atoms with van der Waals surface area (Å²) in [6.45, 7) is 1.80. The zero-order chi connectivity index (χ0) is 7.28. The van der Waals surface area contributed by atoms with Gasteiger partial charge in [0.15, 0.2) is 6.29 Å². The van der Waals surface area contributed by atoms with E-state index in [0.717, 1.165) is 0 Å². The van der Waals surface area contributed by atoms with Crippen LogP contribution in [0.15, 0.2) is 0 Å². The Kier molecular flexibility index (Phi) is 26.5. The smallest absolute Gasteiger partial charge is 0.164 e. The van der Waals surface area contributed by atoms with Gasteiger partial charge >= 0.3 is 0 Å². The fraction of sp³-hybridized carbons (Fsp3) is 1.00. The summed E-state index contributed by atoms with van der Waals surface area (Å²) in [5.74, 6) is 0. The topological polar surface area (TPSA) is 108 Å². The van der Waals surface area contributed by atoms with Crippen LogP contribution in [0.3, 0.4) is 0 Å². The van der Waals surface area contributed by atoms with Crippen LogP contribution in [0.1, 0.15) is 13.3 Å². The van der Waals surface area contributed by atoms with Crippen molar-refractivity contribution in [3.63, 3.8) is 0 Å². The molecular weight excluding hydrogens is 207 g/mol. The number of hydrogen-bond donors (Lipinski definition) is 5. The third-order valence-corrected chi connectivity index (χ3v) is 0.923. The van der Waals surface area contributed by atoms with Crippen molar-refractivity contribution in [2.75, 3.05) is 6.54 Å². The fourth-order valence-corrected chi connectivity index (χ4v) is 0.386. The second kappa shape index (κ2) is 13.9. The van der Waals surface area contributed by atoms with Crippen LogP contribution < -0.4 is 11.5 Å². The Morgan fingerprint density at radius 3 is 1.83 bits per heavy atom. The Balaban J connectivity index is -0.000000107. The lowest BCUT2D eigenvalue weighted by Crippen LogP contribution is -2.34. The average molecular weight is 225 g/mol. The first-order valence-corrected chi connectivity index (χ1v) is 2.94. The molecule has 0 saturated carbocycles. The average Bonchev–Trinajstić information content (AvgIpc) is 1.83. The van der Waals surface area contributed by atoms with Crippen LogP contribution in [0.5, 0.6) is 0 Å². The van der Waals surface area contributed by atoms with Crippen LogP contribution in [0, 0.1) is 0 Å². The van der Waals surface area contributed by atoms with Crippen LogP contribution in [0.25, 0.3) is 0 Å². The van der Waals surface area contributed by atoms with Gasteiger partial charge < -0.3 is 21.5 Å². The van der Waals surface area contributed by atoms with E-state index < -0.39 is 12.5 Å². The van der Waals surface area contributed by atoms with Crippen molar-refractivity contribution in [2.24, 2.45) is 0 Å². The first kappa shape index (κ1) is 22.8. The Hall–Kier alpha value is 0.380. The molecule has 0 heterocycles. The van der Waals surface area contributed by atoms with E-state index in [9.17, 15) is 0 Å². The molecule has 0 aliphatic rings. The molecule has 0 aliphatic heterocycles. The highest BCUT2D eigenvalue weighted by atomic mass is 35.5. The summed E-state index contributed by atoms with van der Waals surface area (Å²) in [5.41, 5.74) is 0. The van der Waals surface area contributed by atoms with Crippen LogP contribution in [-0.4, -0.2) is 34.4 Å². The molecular formula is C5H18Cl2N2O3. The van der Waals surface area contributed by atoms with Crippen molar-refractivity contribution in [1.82, 2.24) is 11.5 Å². The van der Waals surface area contributed by atoms with Gasteiger partial charge in [-0.1, -0.05) is 6.92 Å². The Morgan fingerprint density at radius 1 is 1.17 bits per heavy atom. The maximum Gasteiger partial charge on any atom is 0.164 e.